The van der Waals surface area contributed by atoms with Gasteiger partial charge in [-0.15, -0.1) is 0 Å². The summed E-state index contributed by atoms with van der Waals surface area (Å²) in [6.07, 6.45) is 2.67. The standard InChI is InChI=1S/C5H7FO2.F2O2S/c1-2-7-8-5-3-4-6;1-5(2,3)4/h2-4H,1,5H2;. The van der Waals surface area contributed by atoms with E-state index in [-0.39, 0.29) is 6.61 Å². The summed E-state index contributed by atoms with van der Waals surface area (Å²) < 4.78 is 47.7. The molecule has 13 heavy (non-hydrogen) atoms. The van der Waals surface area contributed by atoms with Crippen LogP contribution >= 0.6 is 0 Å². The summed E-state index contributed by atoms with van der Waals surface area (Å²) in [5.74, 6) is 0. The maximum atomic E-state index is 11.1. The van der Waals surface area contributed by atoms with Gasteiger partial charge in [0.1, 0.15) is 12.9 Å². The zero-order valence-corrected chi connectivity index (χ0v) is 7.14. The highest BCUT2D eigenvalue weighted by Gasteiger charge is 1.94. The highest BCUT2D eigenvalue weighted by Crippen LogP contribution is 1.85. The van der Waals surface area contributed by atoms with Gasteiger partial charge >= 0.3 is 10.6 Å². The van der Waals surface area contributed by atoms with E-state index in [1.165, 1.54) is 6.08 Å². The fourth-order valence-corrected chi connectivity index (χ4v) is 0.163. The zero-order valence-electron chi connectivity index (χ0n) is 6.32. The van der Waals surface area contributed by atoms with E-state index in [0.29, 0.717) is 6.33 Å². The van der Waals surface area contributed by atoms with Crippen molar-refractivity contribution >= 4 is 10.6 Å². The SMILES string of the molecule is C=COOCC=CF.O=S(=O)(F)F. The Labute approximate surface area is 73.7 Å². The molecule has 0 bridgehead atoms. The second-order valence-electron chi connectivity index (χ2n) is 1.29. The highest BCUT2D eigenvalue weighted by atomic mass is 32.3. The lowest BCUT2D eigenvalue weighted by Gasteiger charge is -1.91. The fraction of sp³-hybridized carbons (Fsp3) is 0.200. The molecule has 0 saturated carbocycles. The molecule has 0 fully saturated rings. The summed E-state index contributed by atoms with van der Waals surface area (Å²) in [6, 6.07) is 0. The molecule has 0 radical (unpaired) electrons. The summed E-state index contributed by atoms with van der Waals surface area (Å²) in [5, 5.41) is 0. The average Bonchev–Trinajstić information content (AvgIpc) is 1.95. The molecule has 0 aromatic rings. The lowest BCUT2D eigenvalue weighted by atomic mass is 10.7. The van der Waals surface area contributed by atoms with Crippen molar-refractivity contribution in [3.05, 3.63) is 25.2 Å². The molecule has 0 aromatic carbocycles. The van der Waals surface area contributed by atoms with Gasteiger partial charge in [-0.3, -0.25) is 0 Å². The van der Waals surface area contributed by atoms with Crippen LogP contribution in [0.4, 0.5) is 12.2 Å². The van der Waals surface area contributed by atoms with Crippen molar-refractivity contribution in [3.8, 4) is 0 Å². The quantitative estimate of drug-likeness (QED) is 0.238. The number of hydrogen-bond acceptors (Lipinski definition) is 4. The topological polar surface area (TPSA) is 52.6 Å². The Bertz CT molecular complexity index is 228. The van der Waals surface area contributed by atoms with E-state index in [4.69, 9.17) is 8.42 Å². The molecule has 78 valence electrons. The molecule has 0 heterocycles. The third kappa shape index (κ3) is 55.9. The van der Waals surface area contributed by atoms with E-state index in [1.807, 2.05) is 0 Å². The summed E-state index contributed by atoms with van der Waals surface area (Å²) in [6.45, 7) is 3.29. The van der Waals surface area contributed by atoms with Gasteiger partial charge in [0, 0.05) is 0 Å². The second-order valence-corrected chi connectivity index (χ2v) is 2.04. The molecule has 0 aliphatic carbocycles. The maximum absolute atomic E-state index is 11.1. The first kappa shape index (κ1) is 14.5. The molecule has 0 aliphatic rings. The van der Waals surface area contributed by atoms with Crippen LogP contribution in [-0.4, -0.2) is 15.0 Å². The Balaban J connectivity index is 0. The van der Waals surface area contributed by atoms with Crippen molar-refractivity contribution in [2.75, 3.05) is 6.61 Å². The molecular weight excluding hydrogens is 213 g/mol. The summed E-state index contributed by atoms with van der Waals surface area (Å²) in [4.78, 5) is 8.46. The van der Waals surface area contributed by atoms with Crippen molar-refractivity contribution in [3.63, 3.8) is 0 Å². The van der Waals surface area contributed by atoms with E-state index in [9.17, 15) is 12.2 Å². The fourth-order valence-electron chi connectivity index (χ4n) is 0.163. The Morgan fingerprint density at radius 3 is 2.15 bits per heavy atom. The smallest absolute Gasteiger partial charge is 0.346 e. The van der Waals surface area contributed by atoms with Crippen LogP contribution in [0.5, 0.6) is 0 Å². The van der Waals surface area contributed by atoms with Crippen LogP contribution in [0.2, 0.25) is 0 Å². The molecule has 0 N–H and O–H groups in total. The van der Waals surface area contributed by atoms with Crippen molar-refractivity contribution < 1.29 is 30.4 Å². The first-order valence-corrected chi connectivity index (χ1v) is 3.98. The molecule has 0 spiro atoms. The van der Waals surface area contributed by atoms with Crippen molar-refractivity contribution in [1.82, 2.24) is 0 Å². The van der Waals surface area contributed by atoms with Gasteiger partial charge in [-0.1, -0.05) is 14.4 Å². The van der Waals surface area contributed by atoms with Gasteiger partial charge in [-0.2, -0.15) is 13.3 Å². The largest absolute Gasteiger partial charge is 0.476 e. The first-order chi connectivity index (χ1) is 5.91. The predicted octanol–water partition coefficient (Wildman–Crippen LogP) is 1.73. The molecular formula is C5H7F3O4S. The third-order valence-electron chi connectivity index (χ3n) is 0.389. The monoisotopic (exact) mass is 220 g/mol. The maximum Gasteiger partial charge on any atom is 0.476 e. The average molecular weight is 220 g/mol. The minimum Gasteiger partial charge on any atom is -0.346 e. The molecule has 0 rings (SSSR count). The van der Waals surface area contributed by atoms with Crippen LogP contribution in [0, 0.1) is 0 Å². The predicted molar refractivity (Wildman–Crippen MR) is 38.6 cm³/mol. The van der Waals surface area contributed by atoms with E-state index in [2.05, 4.69) is 16.4 Å². The van der Waals surface area contributed by atoms with E-state index in [0.717, 1.165) is 6.26 Å². The van der Waals surface area contributed by atoms with E-state index in [1.54, 1.807) is 0 Å². The van der Waals surface area contributed by atoms with Gasteiger partial charge in [0.25, 0.3) is 0 Å². The van der Waals surface area contributed by atoms with Gasteiger partial charge in [0.05, 0.1) is 6.33 Å². The Morgan fingerprint density at radius 1 is 1.38 bits per heavy atom. The summed E-state index contributed by atoms with van der Waals surface area (Å²) in [7, 11) is -5.67. The van der Waals surface area contributed by atoms with Gasteiger partial charge in [-0.25, -0.2) is 4.39 Å². The van der Waals surface area contributed by atoms with Crippen LogP contribution in [0.25, 0.3) is 0 Å². The van der Waals surface area contributed by atoms with Gasteiger partial charge in [0.15, 0.2) is 0 Å². The van der Waals surface area contributed by atoms with Crippen molar-refractivity contribution in [1.29, 1.82) is 0 Å². The summed E-state index contributed by atoms with van der Waals surface area (Å²) in [5.41, 5.74) is 0. The Kier molecular flexibility index (Phi) is 10.1. The molecule has 4 nitrogen and oxygen atoms in total. The molecule has 0 saturated heterocycles. The lowest BCUT2D eigenvalue weighted by Crippen LogP contribution is -1.85. The van der Waals surface area contributed by atoms with E-state index < -0.39 is 10.6 Å². The third-order valence-corrected chi connectivity index (χ3v) is 0.389. The number of rotatable bonds is 4. The second kappa shape index (κ2) is 9.07. The van der Waals surface area contributed by atoms with Gasteiger partial charge in [-0.05, 0) is 6.08 Å². The molecule has 0 amide bonds. The first-order valence-electron chi connectivity index (χ1n) is 2.70. The minimum absolute atomic E-state index is 0.0997. The van der Waals surface area contributed by atoms with Gasteiger partial charge < -0.3 is 4.89 Å². The highest BCUT2D eigenvalue weighted by molar-refractivity contribution is 7.81. The molecule has 8 heteroatoms. The number of halogens is 3. The number of hydrogen-bond donors (Lipinski definition) is 0. The van der Waals surface area contributed by atoms with E-state index >= 15 is 0 Å². The lowest BCUT2D eigenvalue weighted by molar-refractivity contribution is -0.238. The zero-order chi connectivity index (χ0) is 10.7. The van der Waals surface area contributed by atoms with Crippen LogP contribution in [0.15, 0.2) is 25.2 Å². The Morgan fingerprint density at radius 2 is 1.85 bits per heavy atom. The van der Waals surface area contributed by atoms with Crippen LogP contribution < -0.4 is 0 Å². The van der Waals surface area contributed by atoms with Gasteiger partial charge in [0.2, 0.25) is 0 Å². The van der Waals surface area contributed by atoms with Crippen LogP contribution in [0.3, 0.4) is 0 Å². The van der Waals surface area contributed by atoms with Crippen molar-refractivity contribution in [2.45, 2.75) is 0 Å². The molecule has 0 atom stereocenters. The van der Waals surface area contributed by atoms with Crippen LogP contribution in [-0.2, 0) is 20.4 Å². The van der Waals surface area contributed by atoms with Crippen molar-refractivity contribution in [2.24, 2.45) is 0 Å². The molecule has 0 aliphatic heterocycles. The van der Waals surface area contributed by atoms with Crippen LogP contribution in [0.1, 0.15) is 0 Å². The minimum atomic E-state index is -5.67. The summed E-state index contributed by atoms with van der Waals surface area (Å²) >= 11 is 0. The molecule has 0 unspecified atom stereocenters. The molecule has 0 aromatic heterocycles. The Hall–Kier alpha value is -1.02. The normalized spacial score (nSPS) is 10.4.